The average molecular weight is 451 g/mol. The summed E-state index contributed by atoms with van der Waals surface area (Å²) in [4.78, 5) is 13.5. The first-order valence-corrected chi connectivity index (χ1v) is 12.5. The van der Waals surface area contributed by atoms with Crippen LogP contribution in [0.15, 0.2) is 78.9 Å². The minimum absolute atomic E-state index is 0.336. The zero-order valence-electron chi connectivity index (χ0n) is 18.9. The van der Waals surface area contributed by atoms with Gasteiger partial charge < -0.3 is 5.32 Å². The Morgan fingerprint density at radius 1 is 0.844 bits per heavy atom. The summed E-state index contributed by atoms with van der Waals surface area (Å²) in [5.74, 6) is -0.340. The second-order valence-corrected chi connectivity index (χ2v) is 9.94. The van der Waals surface area contributed by atoms with Gasteiger partial charge in [0.05, 0.1) is 18.0 Å². The van der Waals surface area contributed by atoms with Crippen molar-refractivity contribution in [3.8, 4) is 0 Å². The average Bonchev–Trinajstić information content (AvgIpc) is 2.77. The number of hydrogen-bond acceptors (Lipinski definition) is 3. The van der Waals surface area contributed by atoms with Crippen LogP contribution >= 0.6 is 0 Å². The molecule has 0 heterocycles. The third-order valence-electron chi connectivity index (χ3n) is 5.45. The summed E-state index contributed by atoms with van der Waals surface area (Å²) in [6.07, 6.45) is 1.47. The summed E-state index contributed by atoms with van der Waals surface area (Å²) >= 11 is 0. The van der Waals surface area contributed by atoms with E-state index in [0.717, 1.165) is 28.5 Å². The van der Waals surface area contributed by atoms with E-state index in [1.807, 2.05) is 87.5 Å². The van der Waals surface area contributed by atoms with Crippen molar-refractivity contribution in [1.29, 1.82) is 0 Å². The molecule has 1 amide bonds. The van der Waals surface area contributed by atoms with Gasteiger partial charge in [-0.05, 0) is 43.5 Å². The molecule has 6 heteroatoms. The standard InChI is InChI=1S/C26H30N2O3S/c1-5-24(28(32(4,30)31)23-17-13-20(3)14-18-23)26(29)27-25(21-9-7-6-8-10-21)22-15-11-19(2)12-16-22/h6-18,24-25H,5H2,1-4H3,(H,27,29). The Morgan fingerprint density at radius 2 is 1.34 bits per heavy atom. The molecule has 0 aliphatic carbocycles. The van der Waals surface area contributed by atoms with Gasteiger partial charge in [-0.15, -0.1) is 0 Å². The van der Waals surface area contributed by atoms with E-state index in [-0.39, 0.29) is 5.91 Å². The molecule has 0 aromatic heterocycles. The van der Waals surface area contributed by atoms with E-state index in [9.17, 15) is 13.2 Å². The fraction of sp³-hybridized carbons (Fsp3) is 0.269. The van der Waals surface area contributed by atoms with Crippen molar-refractivity contribution < 1.29 is 13.2 Å². The fourth-order valence-electron chi connectivity index (χ4n) is 3.75. The smallest absolute Gasteiger partial charge is 0.244 e. The lowest BCUT2D eigenvalue weighted by atomic mass is 9.97. The molecule has 32 heavy (non-hydrogen) atoms. The SMILES string of the molecule is CCC(C(=O)NC(c1ccccc1)c1ccc(C)cc1)N(c1ccc(C)cc1)S(C)(=O)=O. The summed E-state index contributed by atoms with van der Waals surface area (Å²) in [6, 6.07) is 23.6. The van der Waals surface area contributed by atoms with E-state index < -0.39 is 22.1 Å². The molecule has 168 valence electrons. The van der Waals surface area contributed by atoms with Gasteiger partial charge in [0.1, 0.15) is 6.04 Å². The quantitative estimate of drug-likeness (QED) is 0.538. The number of nitrogens with zero attached hydrogens (tertiary/aromatic N) is 1. The second-order valence-electron chi connectivity index (χ2n) is 8.08. The van der Waals surface area contributed by atoms with Crippen molar-refractivity contribution in [2.24, 2.45) is 0 Å². The molecule has 2 atom stereocenters. The molecule has 0 bridgehead atoms. The number of aryl methyl sites for hydroxylation is 2. The number of anilines is 1. The number of nitrogens with one attached hydrogen (secondary N) is 1. The first kappa shape index (κ1) is 23.5. The van der Waals surface area contributed by atoms with Crippen molar-refractivity contribution in [3.63, 3.8) is 0 Å². The van der Waals surface area contributed by atoms with Crippen molar-refractivity contribution >= 4 is 21.6 Å². The van der Waals surface area contributed by atoms with E-state index in [4.69, 9.17) is 0 Å². The molecule has 0 aliphatic heterocycles. The van der Waals surface area contributed by atoms with Crippen molar-refractivity contribution in [3.05, 3.63) is 101 Å². The first-order chi connectivity index (χ1) is 15.2. The summed E-state index contributed by atoms with van der Waals surface area (Å²) in [5.41, 5.74) is 4.49. The molecule has 0 saturated carbocycles. The first-order valence-electron chi connectivity index (χ1n) is 10.7. The summed E-state index contributed by atoms with van der Waals surface area (Å²) in [5, 5.41) is 3.11. The molecule has 5 nitrogen and oxygen atoms in total. The molecule has 0 spiro atoms. The minimum Gasteiger partial charge on any atom is -0.343 e. The lowest BCUT2D eigenvalue weighted by molar-refractivity contribution is -0.122. The Hall–Kier alpha value is -3.12. The van der Waals surface area contributed by atoms with E-state index in [0.29, 0.717) is 12.1 Å². The van der Waals surface area contributed by atoms with Gasteiger partial charge in [0.2, 0.25) is 15.9 Å². The normalized spacial score (nSPS) is 13.2. The van der Waals surface area contributed by atoms with E-state index in [1.165, 1.54) is 4.31 Å². The molecule has 0 saturated heterocycles. The predicted octanol–water partition coefficient (Wildman–Crippen LogP) is 4.75. The highest BCUT2D eigenvalue weighted by atomic mass is 32.2. The molecule has 0 aliphatic rings. The Morgan fingerprint density at radius 3 is 1.84 bits per heavy atom. The Balaban J connectivity index is 1.98. The van der Waals surface area contributed by atoms with Crippen LogP contribution in [0.5, 0.6) is 0 Å². The van der Waals surface area contributed by atoms with E-state index in [1.54, 1.807) is 12.1 Å². The number of carbonyl (C=O) groups excluding carboxylic acids is 1. The maximum Gasteiger partial charge on any atom is 0.244 e. The van der Waals surface area contributed by atoms with Crippen molar-refractivity contribution in [2.45, 2.75) is 39.3 Å². The zero-order chi connectivity index (χ0) is 23.3. The monoisotopic (exact) mass is 450 g/mol. The van der Waals surface area contributed by atoms with Crippen LogP contribution in [0.2, 0.25) is 0 Å². The topological polar surface area (TPSA) is 66.5 Å². The summed E-state index contributed by atoms with van der Waals surface area (Å²) in [7, 11) is -3.69. The molecule has 3 aromatic rings. The number of amides is 1. The summed E-state index contributed by atoms with van der Waals surface area (Å²) in [6.45, 7) is 5.77. The highest BCUT2D eigenvalue weighted by molar-refractivity contribution is 7.92. The molecule has 2 unspecified atom stereocenters. The Kier molecular flexibility index (Phi) is 7.36. The Bertz CT molecular complexity index is 1140. The van der Waals surface area contributed by atoms with Gasteiger partial charge in [-0.1, -0.05) is 84.8 Å². The maximum atomic E-state index is 13.5. The lowest BCUT2D eigenvalue weighted by Gasteiger charge is -2.32. The second kappa shape index (κ2) is 10.0. The van der Waals surface area contributed by atoms with Crippen LogP contribution in [0, 0.1) is 13.8 Å². The zero-order valence-corrected chi connectivity index (χ0v) is 19.8. The number of rotatable bonds is 8. The molecule has 3 rings (SSSR count). The number of sulfonamides is 1. The van der Waals surface area contributed by atoms with Gasteiger partial charge in [-0.25, -0.2) is 8.42 Å². The lowest BCUT2D eigenvalue weighted by Crippen LogP contribution is -2.50. The van der Waals surface area contributed by atoms with E-state index >= 15 is 0 Å². The van der Waals surface area contributed by atoms with Crippen LogP contribution in [0.25, 0.3) is 0 Å². The molecule has 1 N–H and O–H groups in total. The van der Waals surface area contributed by atoms with Gasteiger partial charge in [-0.2, -0.15) is 0 Å². The van der Waals surface area contributed by atoms with Gasteiger partial charge in [0, 0.05) is 0 Å². The van der Waals surface area contributed by atoms with Gasteiger partial charge in [0.25, 0.3) is 0 Å². The molecule has 3 aromatic carbocycles. The van der Waals surface area contributed by atoms with Gasteiger partial charge in [-0.3, -0.25) is 9.10 Å². The summed E-state index contributed by atoms with van der Waals surface area (Å²) < 4.78 is 26.7. The largest absolute Gasteiger partial charge is 0.343 e. The van der Waals surface area contributed by atoms with Crippen LogP contribution in [0.1, 0.15) is 41.6 Å². The van der Waals surface area contributed by atoms with E-state index in [2.05, 4.69) is 5.32 Å². The molecular weight excluding hydrogens is 420 g/mol. The highest BCUT2D eigenvalue weighted by Crippen LogP contribution is 2.26. The third-order valence-corrected chi connectivity index (χ3v) is 6.63. The fourth-order valence-corrected chi connectivity index (χ4v) is 4.97. The predicted molar refractivity (Wildman–Crippen MR) is 130 cm³/mol. The molecule has 0 radical (unpaired) electrons. The minimum atomic E-state index is -3.69. The highest BCUT2D eigenvalue weighted by Gasteiger charge is 2.33. The van der Waals surface area contributed by atoms with Crippen molar-refractivity contribution in [1.82, 2.24) is 5.32 Å². The van der Waals surface area contributed by atoms with Gasteiger partial charge >= 0.3 is 0 Å². The third kappa shape index (κ3) is 5.56. The molecule has 0 fully saturated rings. The Labute approximate surface area is 191 Å². The molecular formula is C26H30N2O3S. The van der Waals surface area contributed by atoms with Crippen LogP contribution in [0.4, 0.5) is 5.69 Å². The van der Waals surface area contributed by atoms with Gasteiger partial charge in [0.15, 0.2) is 0 Å². The van der Waals surface area contributed by atoms with Crippen LogP contribution in [-0.4, -0.2) is 26.6 Å². The number of benzene rings is 3. The van der Waals surface area contributed by atoms with Crippen LogP contribution in [-0.2, 0) is 14.8 Å². The van der Waals surface area contributed by atoms with Crippen molar-refractivity contribution in [2.75, 3.05) is 10.6 Å². The number of carbonyl (C=O) groups is 1. The van der Waals surface area contributed by atoms with Crippen LogP contribution < -0.4 is 9.62 Å². The maximum absolute atomic E-state index is 13.5. The van der Waals surface area contributed by atoms with Crippen LogP contribution in [0.3, 0.4) is 0 Å². The number of hydrogen-bond donors (Lipinski definition) is 1.